The van der Waals surface area contributed by atoms with Crippen LogP contribution in [0.2, 0.25) is 5.02 Å². The van der Waals surface area contributed by atoms with Gasteiger partial charge in [0.15, 0.2) is 0 Å². The van der Waals surface area contributed by atoms with E-state index in [2.05, 4.69) is 15.4 Å². The Kier molecular flexibility index (Phi) is 6.59. The van der Waals surface area contributed by atoms with Gasteiger partial charge < -0.3 is 10.2 Å². The molecule has 0 unspecified atom stereocenters. The topological polar surface area (TPSA) is 63.1 Å². The molecule has 0 fully saturated rings. The summed E-state index contributed by atoms with van der Waals surface area (Å²) in [5.74, 6) is -0.0630. The van der Waals surface area contributed by atoms with Crippen molar-refractivity contribution in [2.24, 2.45) is 0 Å². The van der Waals surface area contributed by atoms with Gasteiger partial charge in [-0.2, -0.15) is 5.10 Å². The van der Waals surface area contributed by atoms with Gasteiger partial charge in [-0.05, 0) is 48.0 Å². The number of amides is 1. The average molecular weight is 432 g/mol. The number of nitrogens with one attached hydrogen (secondary N) is 1. The van der Waals surface area contributed by atoms with E-state index in [-0.39, 0.29) is 12.5 Å². The number of pyridine rings is 1. The molecule has 2 heterocycles. The number of carbonyl (C=O) groups excluding carboxylic acids is 1. The smallest absolute Gasteiger partial charge is 0.239 e. The molecule has 156 valence electrons. The lowest BCUT2D eigenvalue weighted by molar-refractivity contribution is -0.119. The van der Waals surface area contributed by atoms with Crippen LogP contribution in [0.15, 0.2) is 91.5 Å². The molecule has 0 radical (unpaired) electrons. The maximum Gasteiger partial charge on any atom is 0.239 e. The van der Waals surface area contributed by atoms with E-state index in [9.17, 15) is 4.79 Å². The van der Waals surface area contributed by atoms with Crippen LogP contribution in [0.4, 0.5) is 5.69 Å². The molecule has 2 aromatic carbocycles. The predicted octanol–water partition coefficient (Wildman–Crippen LogP) is 4.24. The summed E-state index contributed by atoms with van der Waals surface area (Å²) >= 11 is 5.94. The van der Waals surface area contributed by atoms with E-state index in [4.69, 9.17) is 11.6 Å². The minimum absolute atomic E-state index is 0.0630. The van der Waals surface area contributed by atoms with Crippen LogP contribution >= 0.6 is 11.6 Å². The number of anilines is 1. The lowest BCUT2D eigenvalue weighted by Crippen LogP contribution is -2.36. The molecular formula is C24H22ClN5O. The first-order valence-electron chi connectivity index (χ1n) is 9.92. The molecule has 7 heteroatoms. The summed E-state index contributed by atoms with van der Waals surface area (Å²) in [6.45, 7) is 1.24. The summed E-state index contributed by atoms with van der Waals surface area (Å²) in [6.07, 6.45) is 7.21. The highest BCUT2D eigenvalue weighted by molar-refractivity contribution is 6.30. The molecule has 0 bridgehead atoms. The van der Waals surface area contributed by atoms with E-state index in [1.54, 1.807) is 17.1 Å². The molecule has 0 aliphatic heterocycles. The Labute approximate surface area is 186 Å². The van der Waals surface area contributed by atoms with E-state index < -0.39 is 0 Å². The van der Waals surface area contributed by atoms with Crippen molar-refractivity contribution in [3.63, 3.8) is 0 Å². The summed E-state index contributed by atoms with van der Waals surface area (Å²) in [4.78, 5) is 18.9. The van der Waals surface area contributed by atoms with Crippen LogP contribution in [0.5, 0.6) is 0 Å². The second-order valence-electron chi connectivity index (χ2n) is 7.10. The monoisotopic (exact) mass is 431 g/mol. The zero-order valence-corrected chi connectivity index (χ0v) is 17.6. The molecule has 0 aliphatic carbocycles. The SMILES string of the molecule is O=C(CN(Cc1cccnc1)c1ccccc1)NCc1cnn(-c2ccc(Cl)cc2)c1. The molecular weight excluding hydrogens is 410 g/mol. The van der Waals surface area contributed by atoms with Crippen LogP contribution in [0, 0.1) is 0 Å². The minimum atomic E-state index is -0.0630. The fourth-order valence-electron chi connectivity index (χ4n) is 3.21. The van der Waals surface area contributed by atoms with Gasteiger partial charge in [-0.25, -0.2) is 4.68 Å². The van der Waals surface area contributed by atoms with Crippen LogP contribution < -0.4 is 10.2 Å². The third-order valence-electron chi connectivity index (χ3n) is 4.77. The molecule has 1 N–H and O–H groups in total. The van der Waals surface area contributed by atoms with Gasteiger partial charge in [-0.3, -0.25) is 9.78 Å². The highest BCUT2D eigenvalue weighted by Crippen LogP contribution is 2.16. The maximum absolute atomic E-state index is 12.7. The molecule has 6 nitrogen and oxygen atoms in total. The fraction of sp³-hybridized carbons (Fsp3) is 0.125. The van der Waals surface area contributed by atoms with Gasteiger partial charge in [0.1, 0.15) is 0 Å². The lowest BCUT2D eigenvalue weighted by atomic mass is 10.2. The largest absolute Gasteiger partial charge is 0.358 e. The van der Waals surface area contributed by atoms with Crippen molar-refractivity contribution in [1.29, 1.82) is 0 Å². The van der Waals surface area contributed by atoms with Gasteiger partial charge in [0.2, 0.25) is 5.91 Å². The first kappa shape index (κ1) is 20.6. The molecule has 4 rings (SSSR count). The Morgan fingerprint density at radius 1 is 0.968 bits per heavy atom. The number of hydrogen-bond acceptors (Lipinski definition) is 4. The van der Waals surface area contributed by atoms with Crippen molar-refractivity contribution in [2.75, 3.05) is 11.4 Å². The van der Waals surface area contributed by atoms with E-state index >= 15 is 0 Å². The zero-order valence-electron chi connectivity index (χ0n) is 16.9. The van der Waals surface area contributed by atoms with Crippen molar-refractivity contribution in [2.45, 2.75) is 13.1 Å². The van der Waals surface area contributed by atoms with Crippen LogP contribution in [-0.2, 0) is 17.9 Å². The van der Waals surface area contributed by atoms with E-state index in [1.165, 1.54) is 0 Å². The van der Waals surface area contributed by atoms with Gasteiger partial charge in [-0.1, -0.05) is 35.9 Å². The fourth-order valence-corrected chi connectivity index (χ4v) is 3.33. The van der Waals surface area contributed by atoms with Crippen molar-refractivity contribution in [1.82, 2.24) is 20.1 Å². The van der Waals surface area contributed by atoms with Crippen molar-refractivity contribution in [3.8, 4) is 5.69 Å². The van der Waals surface area contributed by atoms with Gasteiger partial charge in [0.25, 0.3) is 0 Å². The number of para-hydroxylation sites is 1. The van der Waals surface area contributed by atoms with Gasteiger partial charge in [0.05, 0.1) is 18.4 Å². The third-order valence-corrected chi connectivity index (χ3v) is 5.02. The number of nitrogens with zero attached hydrogens (tertiary/aromatic N) is 4. The quantitative estimate of drug-likeness (QED) is 0.453. The Bertz CT molecular complexity index is 1110. The normalized spacial score (nSPS) is 10.6. The Balaban J connectivity index is 1.38. The summed E-state index contributed by atoms with van der Waals surface area (Å²) in [5.41, 5.74) is 3.86. The first-order valence-corrected chi connectivity index (χ1v) is 10.3. The zero-order chi connectivity index (χ0) is 21.5. The third kappa shape index (κ3) is 5.71. The van der Waals surface area contributed by atoms with E-state index in [0.29, 0.717) is 18.1 Å². The second kappa shape index (κ2) is 9.91. The van der Waals surface area contributed by atoms with Crippen LogP contribution in [0.1, 0.15) is 11.1 Å². The van der Waals surface area contributed by atoms with E-state index in [0.717, 1.165) is 22.5 Å². The minimum Gasteiger partial charge on any atom is -0.358 e. The molecule has 0 saturated carbocycles. The molecule has 31 heavy (non-hydrogen) atoms. The lowest BCUT2D eigenvalue weighted by Gasteiger charge is -2.24. The van der Waals surface area contributed by atoms with Crippen LogP contribution in [0.3, 0.4) is 0 Å². The highest BCUT2D eigenvalue weighted by Gasteiger charge is 2.13. The van der Waals surface area contributed by atoms with Gasteiger partial charge in [-0.15, -0.1) is 0 Å². The Morgan fingerprint density at radius 2 is 1.77 bits per heavy atom. The standard InChI is InChI=1S/C24H22ClN5O/c25-21-8-10-23(11-9-21)30-17-20(15-28-30)14-27-24(31)18-29(22-6-2-1-3-7-22)16-19-5-4-12-26-13-19/h1-13,15,17H,14,16,18H2,(H,27,31). The maximum atomic E-state index is 12.7. The molecule has 0 atom stereocenters. The molecule has 0 saturated heterocycles. The summed E-state index contributed by atoms with van der Waals surface area (Å²) in [5, 5.41) is 8.03. The van der Waals surface area contributed by atoms with Crippen molar-refractivity contribution in [3.05, 3.63) is 108 Å². The number of aromatic nitrogens is 3. The van der Waals surface area contributed by atoms with Crippen molar-refractivity contribution < 1.29 is 4.79 Å². The molecule has 1 amide bonds. The predicted molar refractivity (Wildman–Crippen MR) is 122 cm³/mol. The van der Waals surface area contributed by atoms with Gasteiger partial charge >= 0.3 is 0 Å². The van der Waals surface area contributed by atoms with Crippen molar-refractivity contribution >= 4 is 23.2 Å². The molecule has 2 aromatic heterocycles. The van der Waals surface area contributed by atoms with Crippen LogP contribution in [0.25, 0.3) is 5.69 Å². The Morgan fingerprint density at radius 3 is 2.52 bits per heavy atom. The van der Waals surface area contributed by atoms with Crippen LogP contribution in [-0.4, -0.2) is 27.2 Å². The molecule has 0 spiro atoms. The second-order valence-corrected chi connectivity index (χ2v) is 7.54. The first-order chi connectivity index (χ1) is 15.2. The average Bonchev–Trinajstić information content (AvgIpc) is 3.28. The van der Waals surface area contributed by atoms with Gasteiger partial charge in [0, 0.05) is 48.0 Å². The molecule has 4 aromatic rings. The summed E-state index contributed by atoms with van der Waals surface area (Å²) in [7, 11) is 0. The van der Waals surface area contributed by atoms with E-state index in [1.807, 2.05) is 84.0 Å². The summed E-state index contributed by atoms with van der Waals surface area (Å²) < 4.78 is 1.76. The number of benzene rings is 2. The number of carbonyl (C=O) groups is 1. The number of rotatable bonds is 8. The number of halogens is 1. The number of hydrogen-bond donors (Lipinski definition) is 1. The Hall–Kier alpha value is -3.64. The summed E-state index contributed by atoms with van der Waals surface area (Å²) in [6, 6.07) is 21.2. The highest BCUT2D eigenvalue weighted by atomic mass is 35.5. The molecule has 0 aliphatic rings.